The molecule has 9 nitrogen and oxygen atoms in total. The number of ether oxygens (including phenoxy) is 1. The van der Waals surface area contributed by atoms with Crippen molar-refractivity contribution in [2.45, 2.75) is 9.79 Å². The first kappa shape index (κ1) is 20.9. The number of carbonyl (C=O) groups excluding carboxylic acids is 1. The highest BCUT2D eigenvalue weighted by atomic mass is 32.2. The highest BCUT2D eigenvalue weighted by Crippen LogP contribution is 2.37. The van der Waals surface area contributed by atoms with Crippen LogP contribution in [-0.4, -0.2) is 53.4 Å². The zero-order valence-electron chi connectivity index (χ0n) is 16.7. The van der Waals surface area contributed by atoms with Crippen molar-refractivity contribution in [1.29, 1.82) is 0 Å². The lowest BCUT2D eigenvalue weighted by Crippen LogP contribution is -2.40. The van der Waals surface area contributed by atoms with Crippen LogP contribution >= 0.6 is 0 Å². The summed E-state index contributed by atoms with van der Waals surface area (Å²) in [4.78, 5) is 12.1. The van der Waals surface area contributed by atoms with E-state index in [9.17, 15) is 21.6 Å². The Morgan fingerprint density at radius 1 is 0.938 bits per heavy atom. The second kappa shape index (κ2) is 7.55. The Kier molecular flexibility index (Phi) is 4.93. The Bertz CT molecular complexity index is 1460. The van der Waals surface area contributed by atoms with Crippen LogP contribution in [0, 0.1) is 0 Å². The molecule has 11 heteroatoms. The second-order valence-electron chi connectivity index (χ2n) is 7.44. The number of morpholine rings is 1. The van der Waals surface area contributed by atoms with Gasteiger partial charge in [0.25, 0.3) is 15.9 Å². The number of rotatable bonds is 5. The summed E-state index contributed by atoms with van der Waals surface area (Å²) in [5, 5.41) is 3.67. The molecule has 5 rings (SSSR count). The smallest absolute Gasteiger partial charge is 0.262 e. The third-order valence-corrected chi connectivity index (χ3v) is 8.81. The zero-order valence-corrected chi connectivity index (χ0v) is 18.4. The van der Waals surface area contributed by atoms with Gasteiger partial charge in [0, 0.05) is 35.1 Å². The van der Waals surface area contributed by atoms with Crippen LogP contribution in [0.15, 0.2) is 64.4 Å². The first-order valence-electron chi connectivity index (χ1n) is 9.85. The molecule has 32 heavy (non-hydrogen) atoms. The van der Waals surface area contributed by atoms with Crippen LogP contribution in [0.2, 0.25) is 0 Å². The van der Waals surface area contributed by atoms with Gasteiger partial charge in [-0.25, -0.2) is 16.8 Å². The molecule has 0 aromatic heterocycles. The van der Waals surface area contributed by atoms with Crippen molar-refractivity contribution in [3.8, 4) is 0 Å². The number of carbonyl (C=O) groups is 1. The Morgan fingerprint density at radius 2 is 1.69 bits per heavy atom. The van der Waals surface area contributed by atoms with Crippen LogP contribution in [0.5, 0.6) is 0 Å². The molecule has 0 saturated carbocycles. The van der Waals surface area contributed by atoms with Crippen molar-refractivity contribution in [2.75, 3.05) is 36.3 Å². The van der Waals surface area contributed by atoms with Crippen LogP contribution in [0.3, 0.4) is 0 Å². The van der Waals surface area contributed by atoms with Crippen molar-refractivity contribution in [2.24, 2.45) is 0 Å². The van der Waals surface area contributed by atoms with Gasteiger partial charge in [-0.3, -0.25) is 9.52 Å². The van der Waals surface area contributed by atoms with Crippen LogP contribution in [0.4, 0.5) is 11.4 Å². The number of hydrogen-bond donors (Lipinski definition) is 2. The van der Waals surface area contributed by atoms with Gasteiger partial charge in [0.15, 0.2) is 0 Å². The molecular formula is C21H19N3O6S2. The molecule has 0 unspecified atom stereocenters. The fourth-order valence-corrected chi connectivity index (χ4v) is 6.67. The van der Waals surface area contributed by atoms with Crippen molar-refractivity contribution in [3.05, 3.63) is 60.2 Å². The quantitative estimate of drug-likeness (QED) is 0.586. The maximum Gasteiger partial charge on any atom is 0.262 e. The second-order valence-corrected chi connectivity index (χ2v) is 11.0. The Morgan fingerprint density at radius 3 is 2.47 bits per heavy atom. The molecule has 2 aliphatic heterocycles. The summed E-state index contributed by atoms with van der Waals surface area (Å²) < 4.78 is 61.3. The molecule has 3 aromatic carbocycles. The van der Waals surface area contributed by atoms with Crippen molar-refractivity contribution in [1.82, 2.24) is 4.31 Å². The minimum absolute atomic E-state index is 0.00367. The number of nitrogens with one attached hydrogen (secondary N) is 2. The van der Waals surface area contributed by atoms with Gasteiger partial charge in [0.1, 0.15) is 0 Å². The Hall–Kier alpha value is -2.99. The number of sulfonamides is 2. The van der Waals surface area contributed by atoms with E-state index < -0.39 is 20.0 Å². The maximum atomic E-state index is 13.2. The summed E-state index contributed by atoms with van der Waals surface area (Å²) in [6.07, 6.45) is 0. The summed E-state index contributed by atoms with van der Waals surface area (Å²) in [6, 6.07) is 13.6. The van der Waals surface area contributed by atoms with Crippen molar-refractivity contribution in [3.63, 3.8) is 0 Å². The molecule has 1 fully saturated rings. The first-order chi connectivity index (χ1) is 15.3. The van der Waals surface area contributed by atoms with Crippen molar-refractivity contribution < 1.29 is 26.4 Å². The highest BCUT2D eigenvalue weighted by molar-refractivity contribution is 7.93. The molecule has 3 aromatic rings. The van der Waals surface area contributed by atoms with Gasteiger partial charge in [-0.05, 0) is 36.4 Å². The van der Waals surface area contributed by atoms with Crippen molar-refractivity contribution >= 4 is 48.1 Å². The van der Waals surface area contributed by atoms with E-state index in [2.05, 4.69) is 10.0 Å². The molecule has 166 valence electrons. The molecular weight excluding hydrogens is 454 g/mol. The predicted molar refractivity (Wildman–Crippen MR) is 119 cm³/mol. The van der Waals surface area contributed by atoms with E-state index in [1.807, 2.05) is 0 Å². The number of hydrogen-bond acceptors (Lipinski definition) is 6. The molecule has 0 atom stereocenters. The lowest BCUT2D eigenvalue weighted by molar-refractivity contribution is 0.0730. The standard InChI is InChI=1S/C21H19N3O6S2/c25-21-17-6-2-5-16-19(8-7-18(22-21)20(16)17)31(26,27)23-14-3-1-4-15(13-14)32(28,29)24-9-11-30-12-10-24/h1-8,13,23H,9-12H2,(H,22,25). The van der Waals surface area contributed by atoms with E-state index >= 15 is 0 Å². The number of nitrogens with zero attached hydrogens (tertiary/aromatic N) is 1. The van der Waals surface area contributed by atoms with Gasteiger partial charge in [-0.2, -0.15) is 4.31 Å². The number of benzene rings is 3. The van der Waals surface area contributed by atoms with Gasteiger partial charge >= 0.3 is 0 Å². The van der Waals surface area contributed by atoms with Gasteiger partial charge in [-0.15, -0.1) is 0 Å². The fraction of sp³-hybridized carbons (Fsp3) is 0.190. The molecule has 0 bridgehead atoms. The zero-order chi connectivity index (χ0) is 22.5. The third-order valence-electron chi connectivity index (χ3n) is 5.48. The predicted octanol–water partition coefficient (Wildman–Crippen LogP) is 2.23. The number of amides is 1. The monoisotopic (exact) mass is 473 g/mol. The Labute approximate surface area is 185 Å². The van der Waals surface area contributed by atoms with Gasteiger partial charge in [0.2, 0.25) is 10.0 Å². The van der Waals surface area contributed by atoms with Gasteiger partial charge in [-0.1, -0.05) is 18.2 Å². The average molecular weight is 474 g/mol. The molecule has 1 amide bonds. The summed E-state index contributed by atoms with van der Waals surface area (Å²) >= 11 is 0. The largest absolute Gasteiger partial charge is 0.379 e. The molecule has 0 radical (unpaired) electrons. The topological polar surface area (TPSA) is 122 Å². The van der Waals surface area contributed by atoms with E-state index in [1.54, 1.807) is 24.3 Å². The van der Waals surface area contributed by atoms with Gasteiger partial charge in [0.05, 0.1) is 28.7 Å². The molecule has 0 aliphatic carbocycles. The fourth-order valence-electron chi connectivity index (χ4n) is 3.96. The lowest BCUT2D eigenvalue weighted by Gasteiger charge is -2.26. The van der Waals surface area contributed by atoms with E-state index in [0.29, 0.717) is 35.2 Å². The molecule has 0 spiro atoms. The summed E-state index contributed by atoms with van der Waals surface area (Å²) in [6.45, 7) is 1.11. The summed E-state index contributed by atoms with van der Waals surface area (Å²) in [7, 11) is -7.84. The number of anilines is 2. The molecule has 2 N–H and O–H groups in total. The van der Waals surface area contributed by atoms with E-state index in [0.717, 1.165) is 0 Å². The maximum absolute atomic E-state index is 13.2. The van der Waals surface area contributed by atoms with E-state index in [1.165, 1.54) is 34.6 Å². The minimum Gasteiger partial charge on any atom is -0.379 e. The average Bonchev–Trinajstić information content (AvgIpc) is 3.11. The van der Waals surface area contributed by atoms with E-state index in [-0.39, 0.29) is 34.5 Å². The Balaban J connectivity index is 1.51. The summed E-state index contributed by atoms with van der Waals surface area (Å²) in [5.74, 6) is -0.283. The molecule has 2 heterocycles. The van der Waals surface area contributed by atoms with E-state index in [4.69, 9.17) is 4.74 Å². The van der Waals surface area contributed by atoms with Crippen LogP contribution in [0.25, 0.3) is 10.8 Å². The third kappa shape index (κ3) is 3.43. The lowest BCUT2D eigenvalue weighted by atomic mass is 10.1. The molecule has 1 saturated heterocycles. The SMILES string of the molecule is O=C1Nc2ccc(S(=O)(=O)Nc3cccc(S(=O)(=O)N4CCOCC4)c3)c3cccc1c23. The van der Waals surface area contributed by atoms with Gasteiger partial charge < -0.3 is 10.1 Å². The van der Waals surface area contributed by atoms with Crippen LogP contribution in [0.1, 0.15) is 10.4 Å². The highest BCUT2D eigenvalue weighted by Gasteiger charge is 2.28. The minimum atomic E-state index is -4.07. The normalized spacial score (nSPS) is 16.8. The first-order valence-corrected chi connectivity index (χ1v) is 12.8. The van der Waals surface area contributed by atoms with Crippen LogP contribution in [-0.2, 0) is 24.8 Å². The summed E-state index contributed by atoms with van der Waals surface area (Å²) in [5.41, 5.74) is 1.09. The molecule has 2 aliphatic rings. The van der Waals surface area contributed by atoms with Crippen LogP contribution < -0.4 is 10.0 Å².